The average molecular weight is 400 g/mol. The van der Waals surface area contributed by atoms with Crippen molar-refractivity contribution in [3.05, 3.63) is 54.2 Å². The van der Waals surface area contributed by atoms with Crippen molar-refractivity contribution in [1.29, 1.82) is 0 Å². The summed E-state index contributed by atoms with van der Waals surface area (Å²) < 4.78 is 14.0. The van der Waals surface area contributed by atoms with Gasteiger partial charge in [0.25, 0.3) is 0 Å². The first-order valence-electron chi connectivity index (χ1n) is 10.2. The predicted octanol–water partition coefficient (Wildman–Crippen LogP) is 4.55. The lowest BCUT2D eigenvalue weighted by atomic mass is 9.94. The highest BCUT2D eigenvalue weighted by molar-refractivity contribution is 5.07. The molecular formula is C22H33N5O2. The van der Waals surface area contributed by atoms with Gasteiger partial charge in [0.1, 0.15) is 11.5 Å². The van der Waals surface area contributed by atoms with E-state index in [1.54, 1.807) is 6.20 Å². The van der Waals surface area contributed by atoms with Crippen LogP contribution in [-0.2, 0) is 30.5 Å². The van der Waals surface area contributed by atoms with E-state index in [0.29, 0.717) is 13.1 Å². The summed E-state index contributed by atoms with van der Waals surface area (Å²) in [6.45, 7) is 15.7. The molecule has 3 aromatic rings. The molecule has 0 aliphatic carbocycles. The molecule has 3 rings (SSSR count). The summed E-state index contributed by atoms with van der Waals surface area (Å²) in [6.07, 6.45) is 8.42. The molecule has 0 unspecified atom stereocenters. The van der Waals surface area contributed by atoms with E-state index in [-0.39, 0.29) is 10.8 Å². The molecule has 0 N–H and O–H groups in total. The Kier molecular flexibility index (Phi) is 6.27. The molecule has 0 aromatic carbocycles. The van der Waals surface area contributed by atoms with E-state index in [9.17, 15) is 0 Å². The summed E-state index contributed by atoms with van der Waals surface area (Å²) in [5.74, 6) is 3.23. The van der Waals surface area contributed by atoms with Crippen LogP contribution in [0.2, 0.25) is 0 Å². The van der Waals surface area contributed by atoms with Gasteiger partial charge in [0, 0.05) is 36.3 Å². The molecule has 0 spiro atoms. The molecule has 7 nitrogen and oxygen atoms in total. The highest BCUT2D eigenvalue weighted by atomic mass is 16.4. The third-order valence-electron chi connectivity index (χ3n) is 4.72. The molecule has 3 aromatic heterocycles. The van der Waals surface area contributed by atoms with Gasteiger partial charge in [-0.3, -0.25) is 9.58 Å². The Balaban J connectivity index is 1.68. The van der Waals surface area contributed by atoms with E-state index < -0.39 is 0 Å². The van der Waals surface area contributed by atoms with Gasteiger partial charge < -0.3 is 8.83 Å². The smallest absolute Gasteiger partial charge is 0.208 e. The fourth-order valence-corrected chi connectivity index (χ4v) is 2.95. The van der Waals surface area contributed by atoms with Crippen LogP contribution in [0.4, 0.5) is 0 Å². The van der Waals surface area contributed by atoms with Crippen LogP contribution in [0.5, 0.6) is 0 Å². The summed E-state index contributed by atoms with van der Waals surface area (Å²) in [5.41, 5.74) is -0.110. The van der Waals surface area contributed by atoms with Crippen LogP contribution in [0, 0.1) is 0 Å². The van der Waals surface area contributed by atoms with Crippen LogP contribution < -0.4 is 0 Å². The topological polar surface area (TPSA) is 73.1 Å². The number of hydrogen-bond acceptors (Lipinski definition) is 6. The maximum absolute atomic E-state index is 6.01. The van der Waals surface area contributed by atoms with Crippen molar-refractivity contribution in [2.45, 2.75) is 78.4 Å². The Morgan fingerprint density at radius 1 is 0.897 bits per heavy atom. The van der Waals surface area contributed by atoms with E-state index in [2.05, 4.69) is 61.5 Å². The Labute approximate surface area is 173 Å². The molecule has 158 valence electrons. The van der Waals surface area contributed by atoms with Gasteiger partial charge in [0.2, 0.25) is 11.8 Å². The highest BCUT2D eigenvalue weighted by Crippen LogP contribution is 2.25. The fraction of sp³-hybridized carbons (Fsp3) is 0.591. The quantitative estimate of drug-likeness (QED) is 0.553. The molecule has 0 amide bonds. The van der Waals surface area contributed by atoms with Crippen LogP contribution in [0.1, 0.15) is 71.3 Å². The third kappa shape index (κ3) is 6.03. The van der Waals surface area contributed by atoms with Gasteiger partial charge in [-0.25, -0.2) is 9.97 Å². The lowest BCUT2D eigenvalue weighted by molar-refractivity contribution is 0.196. The van der Waals surface area contributed by atoms with E-state index in [1.165, 1.54) is 0 Å². The number of oxazole rings is 2. The predicted molar refractivity (Wildman–Crippen MR) is 111 cm³/mol. The molecule has 0 saturated heterocycles. The molecule has 0 bridgehead atoms. The van der Waals surface area contributed by atoms with Gasteiger partial charge in [0.05, 0.1) is 25.5 Å². The standard InChI is InChI=1S/C22H33N5O2/c1-21(2,3)17-13-23-19(28-17)15-26(10-8-12-27-11-7-9-25-27)16-20-24-14-18(29-20)22(4,5)6/h7,9,11,13-14H,8,10,12,15-16H2,1-6H3. The molecule has 7 heteroatoms. The number of aromatic nitrogens is 4. The maximum atomic E-state index is 6.01. The molecule has 0 saturated carbocycles. The summed E-state index contributed by atoms with van der Waals surface area (Å²) >= 11 is 0. The molecular weight excluding hydrogens is 366 g/mol. The minimum atomic E-state index is -0.0552. The van der Waals surface area contributed by atoms with Crippen molar-refractivity contribution in [2.24, 2.45) is 0 Å². The summed E-state index contributed by atoms with van der Waals surface area (Å²) in [6, 6.07) is 1.94. The van der Waals surface area contributed by atoms with Crippen molar-refractivity contribution in [3.63, 3.8) is 0 Å². The Bertz CT molecular complexity index is 827. The van der Waals surface area contributed by atoms with Gasteiger partial charge in [-0.2, -0.15) is 5.10 Å². The number of aryl methyl sites for hydroxylation is 1. The number of nitrogens with zero attached hydrogens (tertiary/aromatic N) is 5. The van der Waals surface area contributed by atoms with E-state index in [1.807, 2.05) is 29.3 Å². The van der Waals surface area contributed by atoms with Gasteiger partial charge in [0.15, 0.2) is 0 Å². The minimum Gasteiger partial charge on any atom is -0.444 e. The SMILES string of the molecule is CC(C)(C)c1cnc(CN(CCCn2cccn2)Cc2ncc(C(C)(C)C)o2)o1. The second-order valence-corrected chi connectivity index (χ2v) is 9.57. The zero-order chi connectivity index (χ0) is 21.1. The first-order chi connectivity index (χ1) is 13.6. The number of hydrogen-bond donors (Lipinski definition) is 0. The summed E-state index contributed by atoms with van der Waals surface area (Å²) in [5, 5.41) is 4.28. The zero-order valence-corrected chi connectivity index (χ0v) is 18.5. The first kappa shape index (κ1) is 21.3. The van der Waals surface area contributed by atoms with Crippen LogP contribution in [0.15, 0.2) is 39.7 Å². The van der Waals surface area contributed by atoms with Crippen LogP contribution in [0.25, 0.3) is 0 Å². The summed E-state index contributed by atoms with van der Waals surface area (Å²) in [7, 11) is 0. The van der Waals surface area contributed by atoms with Gasteiger partial charge in [-0.1, -0.05) is 41.5 Å². The summed E-state index contributed by atoms with van der Waals surface area (Å²) in [4.78, 5) is 11.2. The van der Waals surface area contributed by atoms with Gasteiger partial charge in [-0.05, 0) is 12.5 Å². The fourth-order valence-electron chi connectivity index (χ4n) is 2.95. The lowest BCUT2D eigenvalue weighted by Gasteiger charge is -2.20. The van der Waals surface area contributed by atoms with Crippen molar-refractivity contribution in [3.8, 4) is 0 Å². The van der Waals surface area contributed by atoms with Crippen LogP contribution >= 0.6 is 0 Å². The molecule has 0 radical (unpaired) electrons. The van der Waals surface area contributed by atoms with Gasteiger partial charge >= 0.3 is 0 Å². The molecule has 0 fully saturated rings. The minimum absolute atomic E-state index is 0.0552. The lowest BCUT2D eigenvalue weighted by Crippen LogP contribution is -2.25. The Hall–Kier alpha value is -2.41. The van der Waals surface area contributed by atoms with Gasteiger partial charge in [-0.15, -0.1) is 0 Å². The van der Waals surface area contributed by atoms with E-state index in [4.69, 9.17) is 8.83 Å². The Morgan fingerprint density at radius 3 is 1.86 bits per heavy atom. The van der Waals surface area contributed by atoms with Crippen molar-refractivity contribution < 1.29 is 8.83 Å². The Morgan fingerprint density at radius 2 is 1.45 bits per heavy atom. The van der Waals surface area contributed by atoms with E-state index in [0.717, 1.165) is 42.8 Å². The molecule has 29 heavy (non-hydrogen) atoms. The maximum Gasteiger partial charge on any atom is 0.208 e. The molecule has 0 aliphatic heterocycles. The first-order valence-corrected chi connectivity index (χ1v) is 10.2. The second-order valence-electron chi connectivity index (χ2n) is 9.57. The number of rotatable bonds is 8. The largest absolute Gasteiger partial charge is 0.444 e. The van der Waals surface area contributed by atoms with Crippen molar-refractivity contribution >= 4 is 0 Å². The van der Waals surface area contributed by atoms with Crippen LogP contribution in [-0.4, -0.2) is 31.2 Å². The molecule has 0 aliphatic rings. The second kappa shape index (κ2) is 8.53. The normalized spacial score (nSPS) is 12.8. The average Bonchev–Trinajstić information content (AvgIpc) is 3.35. The zero-order valence-electron chi connectivity index (χ0n) is 18.5. The molecule has 0 atom stereocenters. The third-order valence-corrected chi connectivity index (χ3v) is 4.72. The van der Waals surface area contributed by atoms with Crippen LogP contribution in [0.3, 0.4) is 0 Å². The van der Waals surface area contributed by atoms with Crippen molar-refractivity contribution in [1.82, 2.24) is 24.6 Å². The highest BCUT2D eigenvalue weighted by Gasteiger charge is 2.22. The molecule has 3 heterocycles. The van der Waals surface area contributed by atoms with E-state index >= 15 is 0 Å². The monoisotopic (exact) mass is 399 g/mol. The van der Waals surface area contributed by atoms with Crippen molar-refractivity contribution in [2.75, 3.05) is 6.54 Å².